The van der Waals surface area contributed by atoms with Crippen molar-refractivity contribution in [3.05, 3.63) is 16.4 Å². The van der Waals surface area contributed by atoms with Gasteiger partial charge in [-0.2, -0.15) is 4.98 Å². The third-order valence-electron chi connectivity index (χ3n) is 2.29. The van der Waals surface area contributed by atoms with Gasteiger partial charge in [-0.05, 0) is 6.92 Å². The molecule has 0 aliphatic rings. The van der Waals surface area contributed by atoms with E-state index in [0.717, 1.165) is 6.33 Å². The van der Waals surface area contributed by atoms with Crippen LogP contribution in [-0.2, 0) is 0 Å². The van der Waals surface area contributed by atoms with E-state index in [0.29, 0.717) is 0 Å². The highest BCUT2D eigenvalue weighted by molar-refractivity contribution is 5.61. The zero-order valence-electron chi connectivity index (χ0n) is 10.0. The van der Waals surface area contributed by atoms with Crippen molar-refractivity contribution in [2.45, 2.75) is 19.1 Å². The van der Waals surface area contributed by atoms with Crippen molar-refractivity contribution < 1.29 is 14.8 Å². The average Bonchev–Trinajstić information content (AvgIpc) is 2.34. The summed E-state index contributed by atoms with van der Waals surface area (Å²) >= 11 is 0. The molecule has 1 aromatic heterocycles. The average molecular weight is 257 g/mol. The molecule has 0 amide bonds. The Hall–Kier alpha value is -2.00. The van der Waals surface area contributed by atoms with Crippen LogP contribution in [0.5, 0.6) is 5.88 Å². The van der Waals surface area contributed by atoms with Gasteiger partial charge in [0, 0.05) is 12.6 Å². The summed E-state index contributed by atoms with van der Waals surface area (Å²) in [6, 6.07) is -0.564. The minimum absolute atomic E-state index is 0.00273. The lowest BCUT2D eigenvalue weighted by atomic mass is 10.2. The molecule has 0 saturated heterocycles. The monoisotopic (exact) mass is 257 g/mol. The van der Waals surface area contributed by atoms with Gasteiger partial charge in [0.05, 0.1) is 18.1 Å². The summed E-state index contributed by atoms with van der Waals surface area (Å²) in [6.45, 7) is 1.67. The normalized spacial score (nSPS) is 13.8. The fraction of sp³-hybridized carbons (Fsp3) is 0.556. The number of nitrogens with one attached hydrogen (secondary N) is 1. The number of ether oxygens (including phenoxy) is 1. The first-order valence-electron chi connectivity index (χ1n) is 5.18. The summed E-state index contributed by atoms with van der Waals surface area (Å²) in [7, 11) is 1.28. The molecular weight excluding hydrogens is 242 g/mol. The molecule has 0 fully saturated rings. The van der Waals surface area contributed by atoms with Crippen LogP contribution >= 0.6 is 0 Å². The van der Waals surface area contributed by atoms with Crippen LogP contribution in [0, 0.1) is 10.1 Å². The van der Waals surface area contributed by atoms with Gasteiger partial charge in [-0.1, -0.05) is 0 Å². The molecular formula is C9H15N5O4. The molecule has 100 valence electrons. The van der Waals surface area contributed by atoms with Crippen molar-refractivity contribution in [3.63, 3.8) is 0 Å². The Balaban J connectivity index is 2.91. The molecule has 4 N–H and O–H groups in total. The van der Waals surface area contributed by atoms with Crippen molar-refractivity contribution in [1.82, 2.24) is 9.97 Å². The highest BCUT2D eigenvalue weighted by Gasteiger charge is 2.24. The SMILES string of the molecule is COc1ncnc(NCC(N)C(C)O)c1[N+](=O)[O-]. The number of nitrogens with two attached hydrogens (primary N) is 1. The molecule has 0 aliphatic carbocycles. The third-order valence-corrected chi connectivity index (χ3v) is 2.29. The van der Waals surface area contributed by atoms with Crippen LogP contribution in [0.4, 0.5) is 11.5 Å². The largest absolute Gasteiger partial charge is 0.476 e. The van der Waals surface area contributed by atoms with Gasteiger partial charge in [0.2, 0.25) is 5.82 Å². The Bertz CT molecular complexity index is 425. The fourth-order valence-corrected chi connectivity index (χ4v) is 1.19. The molecule has 1 rings (SSSR count). The van der Waals surface area contributed by atoms with E-state index in [1.165, 1.54) is 14.0 Å². The zero-order chi connectivity index (χ0) is 13.7. The Kier molecular flexibility index (Phi) is 4.75. The molecule has 0 saturated carbocycles. The smallest absolute Gasteiger partial charge is 0.372 e. The molecule has 0 bridgehead atoms. The van der Waals surface area contributed by atoms with Crippen molar-refractivity contribution >= 4 is 11.5 Å². The van der Waals surface area contributed by atoms with Crippen LogP contribution in [0.25, 0.3) is 0 Å². The standard InChI is InChI=1S/C9H15N5O4/c1-5(15)6(10)3-11-8-7(14(16)17)9(18-2)13-4-12-8/h4-6,15H,3,10H2,1-2H3,(H,11,12,13). The predicted octanol–water partition coefficient (Wildman–Crippen LogP) is -0.487. The number of aliphatic hydroxyl groups is 1. The van der Waals surface area contributed by atoms with E-state index in [9.17, 15) is 15.2 Å². The molecule has 9 heteroatoms. The second-order valence-corrected chi connectivity index (χ2v) is 3.62. The number of rotatable bonds is 6. The lowest BCUT2D eigenvalue weighted by molar-refractivity contribution is -0.385. The minimum atomic E-state index is -0.736. The first-order valence-corrected chi connectivity index (χ1v) is 5.18. The highest BCUT2D eigenvalue weighted by atomic mass is 16.6. The van der Waals surface area contributed by atoms with Crippen molar-refractivity contribution in [3.8, 4) is 5.88 Å². The molecule has 1 aromatic rings. The minimum Gasteiger partial charge on any atom is -0.476 e. The quantitative estimate of drug-likeness (QED) is 0.458. The Labute approximate surface area is 103 Å². The van der Waals surface area contributed by atoms with Gasteiger partial charge in [0.15, 0.2) is 0 Å². The Morgan fingerprint density at radius 2 is 2.33 bits per heavy atom. The Morgan fingerprint density at radius 3 is 2.83 bits per heavy atom. The molecule has 2 atom stereocenters. The zero-order valence-corrected chi connectivity index (χ0v) is 10.0. The summed E-state index contributed by atoms with van der Waals surface area (Å²) in [5, 5.41) is 22.8. The lowest BCUT2D eigenvalue weighted by Crippen LogP contribution is -2.38. The van der Waals surface area contributed by atoms with Gasteiger partial charge >= 0.3 is 5.69 Å². The molecule has 0 aliphatic heterocycles. The van der Waals surface area contributed by atoms with E-state index < -0.39 is 17.1 Å². The number of hydrogen-bond donors (Lipinski definition) is 3. The second kappa shape index (κ2) is 6.07. The third kappa shape index (κ3) is 3.25. The number of nitro groups is 1. The highest BCUT2D eigenvalue weighted by Crippen LogP contribution is 2.30. The van der Waals surface area contributed by atoms with E-state index in [1.54, 1.807) is 0 Å². The molecule has 0 spiro atoms. The molecule has 18 heavy (non-hydrogen) atoms. The topological polar surface area (TPSA) is 136 Å². The maximum Gasteiger partial charge on any atom is 0.372 e. The number of anilines is 1. The number of aliphatic hydroxyl groups excluding tert-OH is 1. The number of methoxy groups -OCH3 is 1. The molecule has 9 nitrogen and oxygen atoms in total. The summed E-state index contributed by atoms with van der Waals surface area (Å²) in [5.41, 5.74) is 5.24. The molecule has 0 aromatic carbocycles. The summed E-state index contributed by atoms with van der Waals surface area (Å²) < 4.78 is 4.79. The van der Waals surface area contributed by atoms with E-state index in [2.05, 4.69) is 15.3 Å². The van der Waals surface area contributed by atoms with Crippen LogP contribution in [0.2, 0.25) is 0 Å². The van der Waals surface area contributed by atoms with Crippen LogP contribution in [0.3, 0.4) is 0 Å². The van der Waals surface area contributed by atoms with Gasteiger partial charge in [-0.15, -0.1) is 0 Å². The van der Waals surface area contributed by atoms with E-state index >= 15 is 0 Å². The van der Waals surface area contributed by atoms with Gasteiger partial charge in [0.1, 0.15) is 6.33 Å². The fourth-order valence-electron chi connectivity index (χ4n) is 1.19. The van der Waals surface area contributed by atoms with Crippen LogP contribution < -0.4 is 15.8 Å². The van der Waals surface area contributed by atoms with Crippen molar-refractivity contribution in [2.75, 3.05) is 19.0 Å². The first-order chi connectivity index (χ1) is 8.47. The van der Waals surface area contributed by atoms with Gasteiger partial charge in [0.25, 0.3) is 5.88 Å². The van der Waals surface area contributed by atoms with Crippen LogP contribution in [0.15, 0.2) is 6.33 Å². The van der Waals surface area contributed by atoms with Gasteiger partial charge in [-0.3, -0.25) is 10.1 Å². The molecule has 2 unspecified atom stereocenters. The lowest BCUT2D eigenvalue weighted by Gasteiger charge is -2.15. The summed E-state index contributed by atoms with van der Waals surface area (Å²) in [6.07, 6.45) is 0.405. The molecule has 1 heterocycles. The van der Waals surface area contributed by atoms with E-state index in [-0.39, 0.29) is 23.9 Å². The van der Waals surface area contributed by atoms with Gasteiger partial charge < -0.3 is 20.9 Å². The predicted molar refractivity (Wildman–Crippen MR) is 63.4 cm³/mol. The maximum atomic E-state index is 10.9. The van der Waals surface area contributed by atoms with Crippen molar-refractivity contribution in [2.24, 2.45) is 5.73 Å². The number of nitrogens with zero attached hydrogens (tertiary/aromatic N) is 3. The van der Waals surface area contributed by atoms with E-state index in [1.807, 2.05) is 0 Å². The summed E-state index contributed by atoms with van der Waals surface area (Å²) in [4.78, 5) is 17.7. The van der Waals surface area contributed by atoms with E-state index in [4.69, 9.17) is 10.5 Å². The van der Waals surface area contributed by atoms with Crippen molar-refractivity contribution in [1.29, 1.82) is 0 Å². The summed E-state index contributed by atoms with van der Waals surface area (Å²) in [5.74, 6) is -0.133. The van der Waals surface area contributed by atoms with Gasteiger partial charge in [-0.25, -0.2) is 4.98 Å². The number of hydrogen-bond acceptors (Lipinski definition) is 8. The Morgan fingerprint density at radius 1 is 1.67 bits per heavy atom. The van der Waals surface area contributed by atoms with Crippen LogP contribution in [0.1, 0.15) is 6.92 Å². The number of aromatic nitrogens is 2. The van der Waals surface area contributed by atoms with Crippen LogP contribution in [-0.4, -0.2) is 45.8 Å². The first kappa shape index (κ1) is 14.1. The molecule has 0 radical (unpaired) electrons. The second-order valence-electron chi connectivity index (χ2n) is 3.62. The maximum absolute atomic E-state index is 10.9.